The summed E-state index contributed by atoms with van der Waals surface area (Å²) in [5.74, 6) is -1.45. The van der Waals surface area contributed by atoms with Crippen LogP contribution < -0.4 is 0 Å². The smallest absolute Gasteiger partial charge is 0.397 e. The second kappa shape index (κ2) is 5.67. The molecule has 0 radical (unpaired) electrons. The lowest BCUT2D eigenvalue weighted by atomic mass is 10.2. The third-order valence-corrected chi connectivity index (χ3v) is 2.18. The van der Waals surface area contributed by atoms with Gasteiger partial charge in [-0.25, -0.2) is 4.79 Å². The molecule has 4 nitrogen and oxygen atoms in total. The van der Waals surface area contributed by atoms with Gasteiger partial charge in [0.05, 0.1) is 0 Å². The zero-order valence-electron chi connectivity index (χ0n) is 11.3. The first-order valence-corrected chi connectivity index (χ1v) is 5.82. The monoisotopic (exact) mass is 249 g/mol. The van der Waals surface area contributed by atoms with E-state index in [9.17, 15) is 9.59 Å². The van der Waals surface area contributed by atoms with Gasteiger partial charge >= 0.3 is 11.9 Å². The van der Waals surface area contributed by atoms with Crippen LogP contribution in [0.3, 0.4) is 0 Å². The van der Waals surface area contributed by atoms with Crippen molar-refractivity contribution in [3.63, 3.8) is 0 Å². The van der Waals surface area contributed by atoms with Crippen molar-refractivity contribution in [3.05, 3.63) is 35.9 Å². The Morgan fingerprint density at radius 1 is 1.17 bits per heavy atom. The molecule has 1 aromatic rings. The maximum absolute atomic E-state index is 11.8. The van der Waals surface area contributed by atoms with E-state index in [0.29, 0.717) is 6.54 Å². The molecule has 0 heterocycles. The number of rotatable bonds is 2. The first kappa shape index (κ1) is 14.2. The molecule has 0 atom stereocenters. The number of benzene rings is 1. The summed E-state index contributed by atoms with van der Waals surface area (Å²) in [6, 6.07) is 9.49. The highest BCUT2D eigenvalue weighted by molar-refractivity contribution is 6.32. The number of ether oxygens (including phenoxy) is 1. The lowest BCUT2D eigenvalue weighted by molar-refractivity contribution is -0.167. The summed E-state index contributed by atoms with van der Waals surface area (Å²) in [6.45, 7) is 5.58. The topological polar surface area (TPSA) is 46.6 Å². The third-order valence-electron chi connectivity index (χ3n) is 2.18. The lowest BCUT2D eigenvalue weighted by Gasteiger charge is -2.22. The van der Waals surface area contributed by atoms with Gasteiger partial charge in [0, 0.05) is 13.6 Å². The Hall–Kier alpha value is -1.84. The molecule has 1 aromatic carbocycles. The summed E-state index contributed by atoms with van der Waals surface area (Å²) < 4.78 is 5.03. The Kier molecular flexibility index (Phi) is 4.48. The van der Waals surface area contributed by atoms with Crippen LogP contribution in [0.1, 0.15) is 26.3 Å². The molecule has 1 rings (SSSR count). The van der Waals surface area contributed by atoms with Crippen molar-refractivity contribution >= 4 is 11.9 Å². The zero-order valence-corrected chi connectivity index (χ0v) is 11.3. The number of likely N-dealkylation sites (N-methyl/N-ethyl adjacent to an activating group) is 1. The maximum Gasteiger partial charge on any atom is 0.397 e. The Bertz CT molecular complexity index is 420. The molecule has 0 saturated heterocycles. The van der Waals surface area contributed by atoms with Crippen molar-refractivity contribution in [1.82, 2.24) is 4.90 Å². The van der Waals surface area contributed by atoms with Crippen molar-refractivity contribution < 1.29 is 14.3 Å². The molecule has 0 spiro atoms. The van der Waals surface area contributed by atoms with E-state index < -0.39 is 17.5 Å². The van der Waals surface area contributed by atoms with Crippen molar-refractivity contribution in [3.8, 4) is 0 Å². The number of nitrogens with zero attached hydrogens (tertiary/aromatic N) is 1. The van der Waals surface area contributed by atoms with Crippen molar-refractivity contribution in [2.24, 2.45) is 0 Å². The van der Waals surface area contributed by atoms with Gasteiger partial charge in [-0.3, -0.25) is 4.79 Å². The average Bonchev–Trinajstić information content (AvgIpc) is 2.27. The minimum Gasteiger partial charge on any atom is -0.453 e. The fourth-order valence-corrected chi connectivity index (χ4v) is 1.41. The van der Waals surface area contributed by atoms with Crippen LogP contribution >= 0.6 is 0 Å². The van der Waals surface area contributed by atoms with Gasteiger partial charge < -0.3 is 9.64 Å². The Morgan fingerprint density at radius 3 is 2.22 bits per heavy atom. The van der Waals surface area contributed by atoms with E-state index in [4.69, 9.17) is 4.74 Å². The number of amides is 1. The van der Waals surface area contributed by atoms with Crippen molar-refractivity contribution in [2.45, 2.75) is 32.9 Å². The van der Waals surface area contributed by atoms with Crippen LogP contribution in [-0.4, -0.2) is 29.4 Å². The number of esters is 1. The molecule has 0 bridgehead atoms. The molecule has 0 aliphatic rings. The summed E-state index contributed by atoms with van der Waals surface area (Å²) in [4.78, 5) is 24.7. The standard InChI is InChI=1S/C14H19NO3/c1-14(2,3)18-13(17)12(16)15(4)10-11-8-6-5-7-9-11/h5-9H,10H2,1-4H3. The van der Waals surface area contributed by atoms with Gasteiger partial charge in [-0.2, -0.15) is 0 Å². The summed E-state index contributed by atoms with van der Waals surface area (Å²) in [5, 5.41) is 0. The van der Waals surface area contributed by atoms with E-state index in [0.717, 1.165) is 5.56 Å². The first-order chi connectivity index (χ1) is 8.29. The largest absolute Gasteiger partial charge is 0.453 e. The second-order valence-electron chi connectivity index (χ2n) is 5.15. The van der Waals surface area contributed by atoms with E-state index in [1.54, 1.807) is 27.8 Å². The summed E-state index contributed by atoms with van der Waals surface area (Å²) >= 11 is 0. The molecule has 1 amide bonds. The predicted octanol–water partition coefficient (Wildman–Crippen LogP) is 1.99. The highest BCUT2D eigenvalue weighted by Crippen LogP contribution is 2.09. The molecule has 0 aliphatic carbocycles. The van der Waals surface area contributed by atoms with E-state index in [1.807, 2.05) is 30.3 Å². The van der Waals surface area contributed by atoms with Crippen LogP contribution in [0.15, 0.2) is 30.3 Å². The Labute approximate surface area is 108 Å². The lowest BCUT2D eigenvalue weighted by Crippen LogP contribution is -2.37. The van der Waals surface area contributed by atoms with Crippen molar-refractivity contribution in [2.75, 3.05) is 7.05 Å². The summed E-state index contributed by atoms with van der Waals surface area (Å²) in [5.41, 5.74) is 0.317. The summed E-state index contributed by atoms with van der Waals surface area (Å²) in [7, 11) is 1.58. The second-order valence-corrected chi connectivity index (χ2v) is 5.15. The van der Waals surface area contributed by atoms with Crippen LogP contribution in [0.4, 0.5) is 0 Å². The third kappa shape index (κ3) is 4.57. The van der Waals surface area contributed by atoms with Crippen LogP contribution in [0.2, 0.25) is 0 Å². The molecule has 0 saturated carbocycles. The molecule has 0 N–H and O–H groups in total. The minimum atomic E-state index is -0.819. The van der Waals surface area contributed by atoms with E-state index in [-0.39, 0.29) is 0 Å². The summed E-state index contributed by atoms with van der Waals surface area (Å²) in [6.07, 6.45) is 0. The van der Waals surface area contributed by atoms with Gasteiger partial charge in [0.1, 0.15) is 5.60 Å². The first-order valence-electron chi connectivity index (χ1n) is 5.82. The fraction of sp³-hybridized carbons (Fsp3) is 0.429. The minimum absolute atomic E-state index is 0.388. The Morgan fingerprint density at radius 2 is 1.72 bits per heavy atom. The molecule has 0 unspecified atom stereocenters. The van der Waals surface area contributed by atoms with Gasteiger partial charge in [-0.15, -0.1) is 0 Å². The van der Waals surface area contributed by atoms with Crippen LogP contribution in [0, 0.1) is 0 Å². The maximum atomic E-state index is 11.8. The van der Waals surface area contributed by atoms with E-state index in [1.165, 1.54) is 4.90 Å². The zero-order chi connectivity index (χ0) is 13.8. The van der Waals surface area contributed by atoms with Crippen LogP contribution in [0.5, 0.6) is 0 Å². The average molecular weight is 249 g/mol. The fourth-order valence-electron chi connectivity index (χ4n) is 1.41. The van der Waals surface area contributed by atoms with Crippen LogP contribution in [-0.2, 0) is 20.9 Å². The quantitative estimate of drug-likeness (QED) is 0.595. The van der Waals surface area contributed by atoms with Crippen LogP contribution in [0.25, 0.3) is 0 Å². The van der Waals surface area contributed by atoms with Gasteiger partial charge in [0.2, 0.25) is 0 Å². The number of carbonyl (C=O) groups excluding carboxylic acids is 2. The molecule has 4 heteroatoms. The molecule has 18 heavy (non-hydrogen) atoms. The Balaban J connectivity index is 2.59. The molecule has 0 aromatic heterocycles. The van der Waals surface area contributed by atoms with Gasteiger partial charge in [-0.1, -0.05) is 30.3 Å². The highest BCUT2D eigenvalue weighted by atomic mass is 16.6. The van der Waals surface area contributed by atoms with E-state index >= 15 is 0 Å². The van der Waals surface area contributed by atoms with Gasteiger partial charge in [0.25, 0.3) is 0 Å². The van der Waals surface area contributed by atoms with E-state index in [2.05, 4.69) is 0 Å². The number of hydrogen-bond donors (Lipinski definition) is 0. The molecular weight excluding hydrogens is 230 g/mol. The number of hydrogen-bond acceptors (Lipinski definition) is 3. The molecule has 98 valence electrons. The molecular formula is C14H19NO3. The predicted molar refractivity (Wildman–Crippen MR) is 68.8 cm³/mol. The van der Waals surface area contributed by atoms with Crippen molar-refractivity contribution in [1.29, 1.82) is 0 Å². The highest BCUT2D eigenvalue weighted by Gasteiger charge is 2.25. The van der Waals surface area contributed by atoms with Gasteiger partial charge in [-0.05, 0) is 26.3 Å². The molecule has 0 aliphatic heterocycles. The SMILES string of the molecule is CN(Cc1ccccc1)C(=O)C(=O)OC(C)(C)C. The normalized spacial score (nSPS) is 10.9. The number of carbonyl (C=O) groups is 2. The van der Waals surface area contributed by atoms with Gasteiger partial charge in [0.15, 0.2) is 0 Å². The molecule has 0 fully saturated rings.